The number of rotatable bonds is 2. The van der Waals surface area contributed by atoms with Crippen LogP contribution < -0.4 is 0 Å². The fraction of sp³-hybridized carbons (Fsp3) is 0.125. The molecule has 0 aliphatic carbocycles. The van der Waals surface area contributed by atoms with Crippen LogP contribution in [0.5, 0.6) is 0 Å². The van der Waals surface area contributed by atoms with Gasteiger partial charge in [0.15, 0.2) is 0 Å². The number of carboxylic acids is 1. The Balaban J connectivity index is 0.00000121. The molecule has 0 bridgehead atoms. The third-order valence-corrected chi connectivity index (χ3v) is 1.66. The number of aromatic carboxylic acids is 1. The molecule has 2 nitrogen and oxygen atoms in total. The zero-order chi connectivity index (χ0) is 8.27. The summed E-state index contributed by atoms with van der Waals surface area (Å²) in [7, 11) is 0. The van der Waals surface area contributed by atoms with E-state index in [1.807, 2.05) is 0 Å². The average Bonchev–Trinajstić information content (AvgIpc) is 2.05. The smallest absolute Gasteiger partial charge is 0.335 e. The zero-order valence-corrected chi connectivity index (χ0v) is 9.51. The second kappa shape index (κ2) is 5.60. The summed E-state index contributed by atoms with van der Waals surface area (Å²) in [5, 5.41) is 8.52. The largest absolute Gasteiger partial charge is 0.478 e. The molecule has 0 unspecified atom stereocenters. The molecule has 0 heterocycles. The number of halogens is 1. The SMILES string of the molecule is O=C(O)c1ccc(CCl)cc1.[Na]. The minimum absolute atomic E-state index is 0. The molecule has 0 aliphatic heterocycles. The maximum Gasteiger partial charge on any atom is 0.335 e. The molecule has 0 spiro atoms. The molecule has 1 N–H and O–H groups in total. The Morgan fingerprint density at radius 1 is 1.33 bits per heavy atom. The van der Waals surface area contributed by atoms with Crippen molar-refractivity contribution in [3.05, 3.63) is 35.4 Å². The van der Waals surface area contributed by atoms with Crippen molar-refractivity contribution in [1.82, 2.24) is 0 Å². The minimum Gasteiger partial charge on any atom is -0.478 e. The van der Waals surface area contributed by atoms with E-state index in [4.69, 9.17) is 16.7 Å². The van der Waals surface area contributed by atoms with Crippen molar-refractivity contribution in [1.29, 1.82) is 0 Å². The van der Waals surface area contributed by atoms with Crippen LogP contribution in [0.25, 0.3) is 0 Å². The number of hydrogen-bond donors (Lipinski definition) is 1. The van der Waals surface area contributed by atoms with E-state index < -0.39 is 5.97 Å². The van der Waals surface area contributed by atoms with Gasteiger partial charge in [-0.3, -0.25) is 0 Å². The van der Waals surface area contributed by atoms with Gasteiger partial charge < -0.3 is 5.11 Å². The van der Waals surface area contributed by atoms with E-state index in [1.54, 1.807) is 24.3 Å². The third-order valence-electron chi connectivity index (χ3n) is 1.36. The Kier molecular flexibility index (Phi) is 5.59. The Morgan fingerprint density at radius 3 is 2.17 bits per heavy atom. The fourth-order valence-corrected chi connectivity index (χ4v) is 0.915. The fourth-order valence-electron chi connectivity index (χ4n) is 0.736. The molecule has 4 heteroatoms. The van der Waals surface area contributed by atoms with Gasteiger partial charge in [0.05, 0.1) is 5.56 Å². The van der Waals surface area contributed by atoms with Crippen molar-refractivity contribution in [2.75, 3.05) is 0 Å². The van der Waals surface area contributed by atoms with Gasteiger partial charge in [-0.15, -0.1) is 11.6 Å². The van der Waals surface area contributed by atoms with Crippen molar-refractivity contribution in [2.45, 2.75) is 5.88 Å². The Bertz CT molecular complexity index is 258. The van der Waals surface area contributed by atoms with Crippen LogP contribution in [0.3, 0.4) is 0 Å². The maximum absolute atomic E-state index is 10.4. The van der Waals surface area contributed by atoms with Gasteiger partial charge in [-0.1, -0.05) is 12.1 Å². The number of benzene rings is 1. The van der Waals surface area contributed by atoms with Gasteiger partial charge in [0.2, 0.25) is 0 Å². The molecule has 0 atom stereocenters. The average molecular weight is 194 g/mol. The molecule has 0 saturated carbocycles. The third kappa shape index (κ3) is 3.15. The van der Waals surface area contributed by atoms with Crippen molar-refractivity contribution >= 4 is 47.1 Å². The molecule has 1 rings (SSSR count). The molecule has 0 fully saturated rings. The van der Waals surface area contributed by atoms with Crippen molar-refractivity contribution in [3.8, 4) is 0 Å². The van der Waals surface area contributed by atoms with Crippen LogP contribution in [0.1, 0.15) is 15.9 Å². The van der Waals surface area contributed by atoms with E-state index in [1.165, 1.54) is 0 Å². The van der Waals surface area contributed by atoms with Crippen molar-refractivity contribution in [2.24, 2.45) is 0 Å². The molecule has 12 heavy (non-hydrogen) atoms. The number of alkyl halides is 1. The maximum atomic E-state index is 10.4. The van der Waals surface area contributed by atoms with Crippen LogP contribution >= 0.6 is 11.6 Å². The summed E-state index contributed by atoms with van der Waals surface area (Å²) >= 11 is 5.51. The van der Waals surface area contributed by atoms with Crippen LogP contribution in [0.15, 0.2) is 24.3 Å². The summed E-state index contributed by atoms with van der Waals surface area (Å²) in [5.74, 6) is -0.494. The summed E-state index contributed by atoms with van der Waals surface area (Å²) in [5.41, 5.74) is 1.22. The summed E-state index contributed by atoms with van der Waals surface area (Å²) < 4.78 is 0. The standard InChI is InChI=1S/C8H7ClO2.Na/c9-5-6-1-3-7(4-2-6)8(10)11;/h1-4H,5H2,(H,10,11);. The first kappa shape index (κ1) is 12.0. The van der Waals surface area contributed by atoms with Crippen molar-refractivity contribution in [3.63, 3.8) is 0 Å². The van der Waals surface area contributed by atoms with E-state index in [9.17, 15) is 4.79 Å². The van der Waals surface area contributed by atoms with Gasteiger partial charge >= 0.3 is 5.97 Å². The molecule has 1 aromatic rings. The predicted molar refractivity (Wildman–Crippen MR) is 48.7 cm³/mol. The van der Waals surface area contributed by atoms with Crippen LogP contribution in [0, 0.1) is 0 Å². The van der Waals surface area contributed by atoms with Gasteiger partial charge in [0.25, 0.3) is 0 Å². The molecule has 59 valence electrons. The van der Waals surface area contributed by atoms with Gasteiger partial charge in [-0.25, -0.2) is 4.79 Å². The number of hydrogen-bond acceptors (Lipinski definition) is 1. The second-order valence-corrected chi connectivity index (χ2v) is 2.40. The van der Waals surface area contributed by atoms with E-state index in [0.717, 1.165) is 5.56 Å². The van der Waals surface area contributed by atoms with Crippen LogP contribution in [0.2, 0.25) is 0 Å². The Labute approximate surface area is 97.8 Å². The molecule has 0 aliphatic rings. The first-order valence-corrected chi connectivity index (χ1v) is 3.65. The molecular formula is C8H7ClNaO2. The topological polar surface area (TPSA) is 37.3 Å². The first-order valence-electron chi connectivity index (χ1n) is 3.12. The second-order valence-electron chi connectivity index (χ2n) is 2.14. The van der Waals surface area contributed by atoms with Gasteiger partial charge in [0.1, 0.15) is 0 Å². The normalized spacial score (nSPS) is 8.75. The van der Waals surface area contributed by atoms with Gasteiger partial charge in [-0.05, 0) is 17.7 Å². The van der Waals surface area contributed by atoms with E-state index in [-0.39, 0.29) is 29.6 Å². The minimum atomic E-state index is -0.911. The van der Waals surface area contributed by atoms with Gasteiger partial charge in [-0.2, -0.15) is 0 Å². The molecule has 1 aromatic carbocycles. The van der Waals surface area contributed by atoms with Crippen LogP contribution in [-0.4, -0.2) is 40.6 Å². The summed E-state index contributed by atoms with van der Waals surface area (Å²) in [6, 6.07) is 6.49. The quantitative estimate of drug-likeness (QED) is 0.574. The summed E-state index contributed by atoms with van der Waals surface area (Å²) in [6.45, 7) is 0. The van der Waals surface area contributed by atoms with Crippen LogP contribution in [-0.2, 0) is 5.88 Å². The van der Waals surface area contributed by atoms with Crippen molar-refractivity contribution < 1.29 is 9.90 Å². The predicted octanol–water partition coefficient (Wildman–Crippen LogP) is 1.74. The van der Waals surface area contributed by atoms with E-state index in [0.29, 0.717) is 11.4 Å². The van der Waals surface area contributed by atoms with E-state index in [2.05, 4.69) is 0 Å². The summed E-state index contributed by atoms with van der Waals surface area (Å²) in [4.78, 5) is 10.4. The first-order chi connectivity index (χ1) is 5.24. The van der Waals surface area contributed by atoms with E-state index >= 15 is 0 Å². The Morgan fingerprint density at radius 2 is 1.83 bits per heavy atom. The molecule has 0 saturated heterocycles. The molecule has 1 radical (unpaired) electrons. The van der Waals surface area contributed by atoms with Gasteiger partial charge in [0, 0.05) is 35.4 Å². The molecule has 0 aromatic heterocycles. The van der Waals surface area contributed by atoms with Crippen LogP contribution in [0.4, 0.5) is 0 Å². The monoisotopic (exact) mass is 193 g/mol. The molecule has 0 amide bonds. The number of carbonyl (C=O) groups is 1. The zero-order valence-electron chi connectivity index (χ0n) is 6.75. The molecular weight excluding hydrogens is 187 g/mol. The summed E-state index contributed by atoms with van der Waals surface area (Å²) in [6.07, 6.45) is 0. The Hall–Kier alpha value is -0.0200. The number of carboxylic acid groups (broad SMARTS) is 1.